The first-order valence-corrected chi connectivity index (χ1v) is 10.7. The molecule has 0 saturated carbocycles. The van der Waals surface area contributed by atoms with Crippen molar-refractivity contribution in [3.8, 4) is 0 Å². The van der Waals surface area contributed by atoms with Gasteiger partial charge in [-0.05, 0) is 55.2 Å². The lowest BCUT2D eigenvalue weighted by Gasteiger charge is -2.32. The first-order chi connectivity index (χ1) is 14.2. The molecule has 0 atom stereocenters. The zero-order valence-corrected chi connectivity index (χ0v) is 16.6. The van der Waals surface area contributed by atoms with Crippen LogP contribution >= 0.6 is 0 Å². The van der Waals surface area contributed by atoms with Crippen LogP contribution in [-0.4, -0.2) is 28.5 Å². The predicted molar refractivity (Wildman–Crippen MR) is 115 cm³/mol. The topological polar surface area (TPSA) is 42.3 Å². The Morgan fingerprint density at radius 3 is 2.55 bits per heavy atom. The van der Waals surface area contributed by atoms with E-state index in [0.717, 1.165) is 57.3 Å². The summed E-state index contributed by atoms with van der Waals surface area (Å²) in [6.45, 7) is 2.33. The number of aromatic nitrogens is 1. The van der Waals surface area contributed by atoms with Crippen LogP contribution in [-0.2, 0) is 19.4 Å². The molecule has 0 aliphatic carbocycles. The summed E-state index contributed by atoms with van der Waals surface area (Å²) in [5.74, 6) is 0.498. The van der Waals surface area contributed by atoms with Gasteiger partial charge in [-0.1, -0.05) is 42.5 Å². The number of rotatable bonds is 3. The van der Waals surface area contributed by atoms with Crippen LogP contribution in [0.2, 0.25) is 0 Å². The number of pyridine rings is 1. The maximum Gasteiger partial charge on any atom is 0.259 e. The number of benzene rings is 2. The number of hydrogen-bond acceptors (Lipinski definition) is 2. The molecule has 4 heteroatoms. The zero-order valence-electron chi connectivity index (χ0n) is 16.6. The van der Waals surface area contributed by atoms with Gasteiger partial charge in [0, 0.05) is 31.2 Å². The average Bonchev–Trinajstić information content (AvgIpc) is 2.77. The fourth-order valence-corrected chi connectivity index (χ4v) is 4.97. The molecule has 0 bridgehead atoms. The van der Waals surface area contributed by atoms with Gasteiger partial charge in [-0.25, -0.2) is 0 Å². The van der Waals surface area contributed by atoms with Crippen molar-refractivity contribution in [2.45, 2.75) is 38.6 Å². The molecule has 0 unspecified atom stereocenters. The summed E-state index contributed by atoms with van der Waals surface area (Å²) in [5.41, 5.74) is 3.81. The van der Waals surface area contributed by atoms with Gasteiger partial charge in [0.1, 0.15) is 5.56 Å². The summed E-state index contributed by atoms with van der Waals surface area (Å²) in [7, 11) is 0. The summed E-state index contributed by atoms with van der Waals surface area (Å²) in [6, 6.07) is 16.5. The van der Waals surface area contributed by atoms with Crippen LogP contribution in [0, 0.1) is 5.92 Å². The van der Waals surface area contributed by atoms with E-state index < -0.39 is 0 Å². The number of hydrogen-bond donors (Lipinski definition) is 0. The lowest BCUT2D eigenvalue weighted by molar-refractivity contribution is 0.0688. The molecule has 0 N–H and O–H groups in total. The molecule has 1 aromatic heterocycles. The summed E-state index contributed by atoms with van der Waals surface area (Å²) < 4.78 is 2.12. The highest BCUT2D eigenvalue weighted by atomic mass is 16.2. The number of nitrogens with zero attached hydrogens (tertiary/aromatic N) is 2. The van der Waals surface area contributed by atoms with Gasteiger partial charge in [-0.3, -0.25) is 9.59 Å². The van der Waals surface area contributed by atoms with E-state index in [4.69, 9.17) is 0 Å². The molecule has 0 radical (unpaired) electrons. The summed E-state index contributed by atoms with van der Waals surface area (Å²) in [6.07, 6.45) is 6.91. The first-order valence-electron chi connectivity index (χ1n) is 10.7. The Hall–Kier alpha value is -2.88. The highest BCUT2D eigenvalue weighted by Gasteiger charge is 2.27. The summed E-state index contributed by atoms with van der Waals surface area (Å²) in [5, 5.41) is 0.687. The third-order valence-corrected chi connectivity index (χ3v) is 6.53. The van der Waals surface area contributed by atoms with Gasteiger partial charge < -0.3 is 9.47 Å². The Balaban J connectivity index is 1.36. The molecule has 1 fully saturated rings. The van der Waals surface area contributed by atoms with Crippen LogP contribution in [0.25, 0.3) is 10.9 Å². The fourth-order valence-electron chi connectivity index (χ4n) is 4.97. The lowest BCUT2D eigenvalue weighted by Crippen LogP contribution is -2.41. The van der Waals surface area contributed by atoms with Gasteiger partial charge in [-0.2, -0.15) is 0 Å². The molecule has 2 aromatic carbocycles. The second kappa shape index (κ2) is 7.51. The van der Waals surface area contributed by atoms with Crippen LogP contribution in [0.3, 0.4) is 0 Å². The molecular weight excluding hydrogens is 360 g/mol. The van der Waals surface area contributed by atoms with Crippen molar-refractivity contribution in [1.29, 1.82) is 0 Å². The lowest BCUT2D eigenvalue weighted by atomic mass is 9.90. The van der Waals surface area contributed by atoms with Crippen LogP contribution in [0.4, 0.5) is 0 Å². The van der Waals surface area contributed by atoms with Gasteiger partial charge in [0.15, 0.2) is 0 Å². The molecule has 3 aromatic rings. The van der Waals surface area contributed by atoms with Crippen molar-refractivity contribution < 1.29 is 4.79 Å². The van der Waals surface area contributed by atoms with Crippen molar-refractivity contribution in [3.05, 3.63) is 81.6 Å². The number of carbonyl (C=O) groups is 1. The maximum atomic E-state index is 13.2. The fraction of sp³-hybridized carbons (Fsp3) is 0.360. The van der Waals surface area contributed by atoms with Gasteiger partial charge >= 0.3 is 0 Å². The molecule has 5 rings (SSSR count). The number of carbonyl (C=O) groups excluding carboxylic acids is 1. The Morgan fingerprint density at radius 2 is 1.76 bits per heavy atom. The number of para-hydroxylation sites is 1. The Bertz CT molecular complexity index is 1110. The van der Waals surface area contributed by atoms with Gasteiger partial charge in [0.05, 0.1) is 5.52 Å². The first kappa shape index (κ1) is 18.2. The minimum absolute atomic E-state index is 0.102. The van der Waals surface area contributed by atoms with Crippen LogP contribution in [0.1, 0.15) is 40.7 Å². The molecule has 4 nitrogen and oxygen atoms in total. The number of aryl methyl sites for hydroxylation is 2. The van der Waals surface area contributed by atoms with E-state index in [2.05, 4.69) is 34.9 Å². The molecule has 1 saturated heterocycles. The second-order valence-corrected chi connectivity index (χ2v) is 8.41. The molecule has 2 aliphatic rings. The van der Waals surface area contributed by atoms with E-state index in [9.17, 15) is 9.59 Å². The van der Waals surface area contributed by atoms with Crippen LogP contribution < -0.4 is 5.43 Å². The standard InChI is InChI=1S/C25H26N2O2/c28-24-21-10-4-8-20-9-5-13-27(23(20)21)17-22(24)25(29)26-14-11-19(12-15-26)16-18-6-2-1-3-7-18/h1-4,6-8,10,17,19H,5,9,11-16H2. The number of amides is 1. The van der Waals surface area contributed by atoms with Crippen molar-refractivity contribution >= 4 is 16.8 Å². The molecule has 3 heterocycles. The number of likely N-dealkylation sites (tertiary alicyclic amines) is 1. The summed E-state index contributed by atoms with van der Waals surface area (Å²) in [4.78, 5) is 28.2. The Morgan fingerprint density at radius 1 is 0.966 bits per heavy atom. The number of piperidine rings is 1. The molecular formula is C25H26N2O2. The quantitative estimate of drug-likeness (QED) is 0.682. The van der Waals surface area contributed by atoms with Gasteiger partial charge in [0.25, 0.3) is 5.91 Å². The van der Waals surface area contributed by atoms with E-state index in [-0.39, 0.29) is 11.3 Å². The molecule has 29 heavy (non-hydrogen) atoms. The van der Waals surface area contributed by atoms with Crippen LogP contribution in [0.5, 0.6) is 0 Å². The van der Waals surface area contributed by atoms with E-state index in [1.165, 1.54) is 11.1 Å². The molecule has 148 valence electrons. The second-order valence-electron chi connectivity index (χ2n) is 8.41. The minimum atomic E-state index is -0.114. The van der Waals surface area contributed by atoms with E-state index in [1.807, 2.05) is 29.3 Å². The molecule has 1 amide bonds. The van der Waals surface area contributed by atoms with Gasteiger partial charge in [0.2, 0.25) is 5.43 Å². The van der Waals surface area contributed by atoms with Crippen molar-refractivity contribution in [2.75, 3.05) is 13.1 Å². The van der Waals surface area contributed by atoms with Crippen molar-refractivity contribution in [1.82, 2.24) is 9.47 Å². The van der Waals surface area contributed by atoms with E-state index >= 15 is 0 Å². The maximum absolute atomic E-state index is 13.2. The Labute approximate surface area is 170 Å². The Kier molecular flexibility index (Phi) is 4.70. The van der Waals surface area contributed by atoms with Crippen LogP contribution in [0.15, 0.2) is 59.5 Å². The third kappa shape index (κ3) is 3.37. The van der Waals surface area contributed by atoms with Crippen molar-refractivity contribution in [2.24, 2.45) is 5.92 Å². The smallest absolute Gasteiger partial charge is 0.259 e. The normalized spacial score (nSPS) is 16.9. The SMILES string of the molecule is O=C(c1cn2c3c(cccc3c1=O)CCC2)N1CCC(Cc2ccccc2)CC1. The largest absolute Gasteiger partial charge is 0.346 e. The molecule has 0 spiro atoms. The van der Waals surface area contributed by atoms with Crippen molar-refractivity contribution in [3.63, 3.8) is 0 Å². The zero-order chi connectivity index (χ0) is 19.8. The average molecular weight is 386 g/mol. The highest BCUT2D eigenvalue weighted by molar-refractivity contribution is 5.98. The van der Waals surface area contributed by atoms with E-state index in [1.54, 1.807) is 0 Å². The third-order valence-electron chi connectivity index (χ3n) is 6.53. The van der Waals surface area contributed by atoms with Gasteiger partial charge in [-0.15, -0.1) is 0 Å². The highest BCUT2D eigenvalue weighted by Crippen LogP contribution is 2.25. The summed E-state index contributed by atoms with van der Waals surface area (Å²) >= 11 is 0. The monoisotopic (exact) mass is 386 g/mol. The predicted octanol–water partition coefficient (Wildman–Crippen LogP) is 4.04. The molecule has 2 aliphatic heterocycles. The van der Waals surface area contributed by atoms with E-state index in [0.29, 0.717) is 16.9 Å². The minimum Gasteiger partial charge on any atom is -0.346 e.